The highest BCUT2D eigenvalue weighted by atomic mass is 32.1. The Hall–Kier alpha value is -3.13. The second-order valence-electron chi connectivity index (χ2n) is 7.99. The number of aromatic amines is 1. The zero-order valence-electron chi connectivity index (χ0n) is 18.3. The SMILES string of the molecule is CCOC(=O)c1c(NC(=O)c2cccs2)[nH]c2cc(N(C)C(=O)C3CCCCC3)ccc12. The Bertz CT molecular complexity index is 1130. The van der Waals surface area contributed by atoms with E-state index >= 15 is 0 Å². The van der Waals surface area contributed by atoms with E-state index in [9.17, 15) is 14.4 Å². The zero-order valence-corrected chi connectivity index (χ0v) is 19.1. The van der Waals surface area contributed by atoms with Gasteiger partial charge in [-0.25, -0.2) is 4.79 Å². The fourth-order valence-corrected chi connectivity index (χ4v) is 4.86. The third-order valence-corrected chi connectivity index (χ3v) is 6.79. The van der Waals surface area contributed by atoms with Gasteiger partial charge in [-0.15, -0.1) is 11.3 Å². The largest absolute Gasteiger partial charge is 0.462 e. The van der Waals surface area contributed by atoms with Gasteiger partial charge in [0, 0.05) is 29.6 Å². The molecule has 0 aliphatic heterocycles. The summed E-state index contributed by atoms with van der Waals surface area (Å²) in [5.74, 6) is -0.354. The van der Waals surface area contributed by atoms with Gasteiger partial charge in [0.05, 0.1) is 11.5 Å². The Labute approximate surface area is 190 Å². The first-order chi connectivity index (χ1) is 15.5. The van der Waals surface area contributed by atoms with E-state index in [2.05, 4.69) is 10.3 Å². The third-order valence-electron chi connectivity index (χ3n) is 5.92. The maximum Gasteiger partial charge on any atom is 0.342 e. The van der Waals surface area contributed by atoms with Crippen molar-refractivity contribution >= 4 is 51.5 Å². The first-order valence-corrected chi connectivity index (χ1v) is 11.8. The molecule has 2 N–H and O–H groups in total. The van der Waals surface area contributed by atoms with Gasteiger partial charge in [-0.1, -0.05) is 25.3 Å². The minimum Gasteiger partial charge on any atom is -0.462 e. The Morgan fingerprint density at radius 2 is 1.97 bits per heavy atom. The predicted molar refractivity (Wildman–Crippen MR) is 127 cm³/mol. The Kier molecular flexibility index (Phi) is 6.60. The molecule has 0 spiro atoms. The van der Waals surface area contributed by atoms with Crippen molar-refractivity contribution < 1.29 is 19.1 Å². The van der Waals surface area contributed by atoms with Crippen LogP contribution in [0, 0.1) is 5.92 Å². The van der Waals surface area contributed by atoms with Crippen molar-refractivity contribution in [3.63, 3.8) is 0 Å². The summed E-state index contributed by atoms with van der Waals surface area (Å²) in [4.78, 5) is 43.6. The summed E-state index contributed by atoms with van der Waals surface area (Å²) in [6.45, 7) is 1.96. The van der Waals surface area contributed by atoms with Crippen molar-refractivity contribution in [3.05, 3.63) is 46.2 Å². The molecule has 2 heterocycles. The van der Waals surface area contributed by atoms with E-state index < -0.39 is 5.97 Å². The lowest BCUT2D eigenvalue weighted by Gasteiger charge is -2.26. The number of hydrogen-bond acceptors (Lipinski definition) is 5. The van der Waals surface area contributed by atoms with Crippen LogP contribution in [0.4, 0.5) is 11.5 Å². The molecule has 0 saturated heterocycles. The van der Waals surface area contributed by atoms with Crippen molar-refractivity contribution in [1.82, 2.24) is 4.98 Å². The van der Waals surface area contributed by atoms with Gasteiger partial charge in [-0.2, -0.15) is 0 Å². The zero-order chi connectivity index (χ0) is 22.7. The van der Waals surface area contributed by atoms with Crippen LogP contribution in [-0.2, 0) is 9.53 Å². The van der Waals surface area contributed by atoms with Crippen LogP contribution in [-0.4, -0.2) is 36.4 Å². The van der Waals surface area contributed by atoms with Crippen molar-refractivity contribution in [2.75, 3.05) is 23.9 Å². The predicted octanol–water partition coefficient (Wildman–Crippen LogP) is 5.20. The number of rotatable bonds is 6. The topological polar surface area (TPSA) is 91.5 Å². The van der Waals surface area contributed by atoms with Gasteiger partial charge < -0.3 is 19.9 Å². The van der Waals surface area contributed by atoms with Gasteiger partial charge in [0.15, 0.2) is 0 Å². The molecular weight excluding hydrogens is 426 g/mol. The molecule has 32 heavy (non-hydrogen) atoms. The van der Waals surface area contributed by atoms with Crippen molar-refractivity contribution in [1.29, 1.82) is 0 Å². The van der Waals surface area contributed by atoms with Crippen LogP contribution < -0.4 is 10.2 Å². The lowest BCUT2D eigenvalue weighted by molar-refractivity contribution is -0.123. The summed E-state index contributed by atoms with van der Waals surface area (Å²) in [5.41, 5.74) is 1.66. The molecule has 0 unspecified atom stereocenters. The van der Waals surface area contributed by atoms with Crippen LogP contribution in [0.15, 0.2) is 35.7 Å². The standard InChI is InChI=1S/C24H27N3O4S/c1-3-31-24(30)20-17-12-11-16(27(2)23(29)15-8-5-4-6-9-15)14-18(17)25-21(20)26-22(28)19-10-7-13-32-19/h7,10-15,25H,3-6,8-9H2,1-2H3,(H,26,28). The van der Waals surface area contributed by atoms with Crippen LogP contribution >= 0.6 is 11.3 Å². The number of nitrogens with zero attached hydrogens (tertiary/aromatic N) is 1. The van der Waals surface area contributed by atoms with Gasteiger partial charge >= 0.3 is 5.97 Å². The molecule has 0 radical (unpaired) electrons. The number of fused-ring (bicyclic) bond motifs is 1. The molecule has 1 aliphatic rings. The van der Waals surface area contributed by atoms with Crippen LogP contribution in [0.25, 0.3) is 10.9 Å². The minimum atomic E-state index is -0.514. The molecule has 3 aromatic rings. The summed E-state index contributed by atoms with van der Waals surface area (Å²) in [5, 5.41) is 5.25. The lowest BCUT2D eigenvalue weighted by atomic mass is 9.88. The average molecular weight is 454 g/mol. The van der Waals surface area contributed by atoms with Gasteiger partial charge in [-0.05, 0) is 49.4 Å². The van der Waals surface area contributed by atoms with Gasteiger partial charge in [0.1, 0.15) is 11.4 Å². The summed E-state index contributed by atoms with van der Waals surface area (Å²) >= 11 is 1.32. The second kappa shape index (κ2) is 9.56. The quantitative estimate of drug-likeness (QED) is 0.502. The van der Waals surface area contributed by atoms with Crippen LogP contribution in [0.5, 0.6) is 0 Å². The van der Waals surface area contributed by atoms with Crippen molar-refractivity contribution in [3.8, 4) is 0 Å². The molecular formula is C24H27N3O4S. The highest BCUT2D eigenvalue weighted by Gasteiger charge is 2.26. The molecule has 1 saturated carbocycles. The van der Waals surface area contributed by atoms with Crippen LogP contribution in [0.1, 0.15) is 59.1 Å². The molecule has 7 nitrogen and oxygen atoms in total. The van der Waals surface area contributed by atoms with Gasteiger partial charge in [-0.3, -0.25) is 9.59 Å². The summed E-state index contributed by atoms with van der Waals surface area (Å²) in [7, 11) is 1.78. The van der Waals surface area contributed by atoms with E-state index in [4.69, 9.17) is 4.74 Å². The number of benzene rings is 1. The van der Waals surface area contributed by atoms with Crippen LogP contribution in [0.3, 0.4) is 0 Å². The van der Waals surface area contributed by atoms with E-state index in [1.807, 2.05) is 17.5 Å². The summed E-state index contributed by atoms with van der Waals surface area (Å²) in [6, 6.07) is 8.96. The molecule has 168 valence electrons. The number of esters is 1. The monoisotopic (exact) mass is 453 g/mol. The normalized spacial score (nSPS) is 14.3. The van der Waals surface area contributed by atoms with Gasteiger partial charge in [0.2, 0.25) is 5.91 Å². The Morgan fingerprint density at radius 1 is 1.19 bits per heavy atom. The molecule has 1 aromatic carbocycles. The first kappa shape index (κ1) is 22.1. The number of nitrogens with one attached hydrogen (secondary N) is 2. The number of carbonyl (C=O) groups excluding carboxylic acids is 3. The van der Waals surface area contributed by atoms with E-state index in [1.54, 1.807) is 37.1 Å². The average Bonchev–Trinajstić information content (AvgIpc) is 3.46. The minimum absolute atomic E-state index is 0.0591. The smallest absolute Gasteiger partial charge is 0.342 e. The number of hydrogen-bond donors (Lipinski definition) is 2. The van der Waals surface area contributed by atoms with E-state index in [1.165, 1.54) is 17.8 Å². The van der Waals surface area contributed by atoms with E-state index in [0.717, 1.165) is 31.4 Å². The van der Waals surface area contributed by atoms with Crippen LogP contribution in [0.2, 0.25) is 0 Å². The van der Waals surface area contributed by atoms with Gasteiger partial charge in [0.25, 0.3) is 5.91 Å². The maximum atomic E-state index is 13.0. The maximum absolute atomic E-state index is 13.0. The molecule has 0 atom stereocenters. The van der Waals surface area contributed by atoms with Crippen molar-refractivity contribution in [2.45, 2.75) is 39.0 Å². The molecule has 8 heteroatoms. The number of anilines is 2. The summed E-state index contributed by atoms with van der Waals surface area (Å²) in [6.07, 6.45) is 5.24. The Balaban J connectivity index is 1.67. The van der Waals surface area contributed by atoms with E-state index in [0.29, 0.717) is 15.8 Å². The lowest BCUT2D eigenvalue weighted by Crippen LogP contribution is -2.33. The Morgan fingerprint density at radius 3 is 2.66 bits per heavy atom. The first-order valence-electron chi connectivity index (χ1n) is 10.9. The number of ether oxygens (including phenoxy) is 1. The number of thiophene rings is 1. The fraction of sp³-hybridized carbons (Fsp3) is 0.375. The summed E-state index contributed by atoms with van der Waals surface area (Å²) < 4.78 is 5.23. The molecule has 1 aliphatic carbocycles. The molecule has 2 aromatic heterocycles. The fourth-order valence-electron chi connectivity index (χ4n) is 4.24. The van der Waals surface area contributed by atoms with Crippen molar-refractivity contribution in [2.24, 2.45) is 5.92 Å². The highest BCUT2D eigenvalue weighted by molar-refractivity contribution is 7.12. The highest BCUT2D eigenvalue weighted by Crippen LogP contribution is 2.32. The second-order valence-corrected chi connectivity index (χ2v) is 8.94. The molecule has 2 amide bonds. The number of carbonyl (C=O) groups is 3. The number of aromatic nitrogens is 1. The molecule has 0 bridgehead atoms. The van der Waals surface area contributed by atoms with E-state index in [-0.39, 0.29) is 35.7 Å². The number of amides is 2. The number of H-pyrrole nitrogens is 1. The molecule has 1 fully saturated rings. The third kappa shape index (κ3) is 4.41. The molecule has 4 rings (SSSR count).